The van der Waals surface area contributed by atoms with Crippen molar-refractivity contribution >= 4 is 29.1 Å². The van der Waals surface area contributed by atoms with E-state index in [4.69, 9.17) is 23.4 Å². The first-order valence-corrected chi connectivity index (χ1v) is 15.9. The van der Waals surface area contributed by atoms with E-state index >= 15 is 0 Å². The summed E-state index contributed by atoms with van der Waals surface area (Å²) in [4.78, 5) is 54.7. The van der Waals surface area contributed by atoms with Crippen LogP contribution < -0.4 is 29.9 Å². The van der Waals surface area contributed by atoms with E-state index in [1.807, 2.05) is 0 Å². The smallest absolute Gasteiger partial charge is 0.349 e. The lowest BCUT2D eigenvalue weighted by Gasteiger charge is -2.40. The molecule has 0 saturated heterocycles. The maximum atomic E-state index is 14.5. The molecule has 2 heterocycles. The van der Waals surface area contributed by atoms with Crippen LogP contribution in [0.1, 0.15) is 37.8 Å². The lowest BCUT2D eigenvalue weighted by atomic mass is 9.77. The van der Waals surface area contributed by atoms with Gasteiger partial charge in [-0.05, 0) is 60.5 Å². The molecule has 4 aromatic rings. The van der Waals surface area contributed by atoms with Gasteiger partial charge < -0.3 is 43.8 Å². The first kappa shape index (κ1) is 34.2. The minimum atomic E-state index is -1.44. The number of nitrogens with one attached hydrogen (secondary N) is 1. The van der Waals surface area contributed by atoms with Crippen molar-refractivity contribution in [3.63, 3.8) is 0 Å². The predicted molar refractivity (Wildman–Crippen MR) is 180 cm³/mol. The minimum Gasteiger partial charge on any atom is -0.497 e. The molecule has 13 nitrogen and oxygen atoms in total. The van der Waals surface area contributed by atoms with Crippen LogP contribution in [0, 0.1) is 0 Å². The number of carbonyl (C=O) groups is 3. The topological polar surface area (TPSA) is 174 Å². The van der Waals surface area contributed by atoms with E-state index in [9.17, 15) is 29.4 Å². The molecule has 50 heavy (non-hydrogen) atoms. The van der Waals surface area contributed by atoms with E-state index in [1.54, 1.807) is 48.5 Å². The van der Waals surface area contributed by atoms with Crippen LogP contribution in [-0.2, 0) is 11.2 Å². The highest BCUT2D eigenvalue weighted by Gasteiger charge is 2.51. The van der Waals surface area contributed by atoms with Crippen LogP contribution in [0.5, 0.6) is 23.0 Å². The van der Waals surface area contributed by atoms with Crippen LogP contribution in [0.2, 0.25) is 0 Å². The molecule has 4 atom stereocenters. The monoisotopic (exact) mass is 684 g/mol. The van der Waals surface area contributed by atoms with Crippen LogP contribution in [0.15, 0.2) is 81.5 Å². The van der Waals surface area contributed by atoms with Crippen molar-refractivity contribution in [1.82, 2.24) is 10.2 Å². The summed E-state index contributed by atoms with van der Waals surface area (Å²) in [5, 5.41) is 24.7. The van der Waals surface area contributed by atoms with Crippen LogP contribution in [0.25, 0.3) is 11.0 Å². The van der Waals surface area contributed by atoms with Gasteiger partial charge in [0.25, 0.3) is 5.91 Å². The zero-order valence-corrected chi connectivity index (χ0v) is 27.6. The van der Waals surface area contributed by atoms with Gasteiger partial charge in [-0.15, -0.1) is 0 Å². The average Bonchev–Trinajstić information content (AvgIpc) is 3.53. The highest BCUT2D eigenvalue weighted by atomic mass is 16.5. The molecule has 3 aromatic carbocycles. The Morgan fingerprint density at radius 1 is 1.00 bits per heavy atom. The Morgan fingerprint density at radius 3 is 2.50 bits per heavy atom. The van der Waals surface area contributed by atoms with Gasteiger partial charge in [-0.3, -0.25) is 14.4 Å². The van der Waals surface area contributed by atoms with Crippen molar-refractivity contribution < 1.29 is 48.0 Å². The molecule has 1 aromatic heterocycles. The maximum absolute atomic E-state index is 14.5. The molecule has 0 fully saturated rings. The SMILES string of the molecule is COc1ccc(OC)c(CCN(C(=O)c2cc3ccccc3oc2=O)C2C=C(C(=O)NCCO)C3c4cc(C=O)cc(OC)c4OC3C2O)c1. The summed E-state index contributed by atoms with van der Waals surface area (Å²) in [5.41, 5.74) is 0.663. The third kappa shape index (κ3) is 6.28. The van der Waals surface area contributed by atoms with Crippen molar-refractivity contribution in [2.45, 2.75) is 30.6 Å². The molecule has 1 aliphatic carbocycles. The highest BCUT2D eigenvalue weighted by molar-refractivity contribution is 5.99. The number of amides is 2. The molecular weight excluding hydrogens is 648 g/mol. The number of aldehydes is 1. The third-order valence-electron chi connectivity index (χ3n) is 9.01. The molecule has 0 spiro atoms. The number of rotatable bonds is 12. The lowest BCUT2D eigenvalue weighted by molar-refractivity contribution is -0.118. The van der Waals surface area contributed by atoms with Crippen molar-refractivity contribution in [2.24, 2.45) is 0 Å². The number of fused-ring (bicyclic) bond motifs is 4. The summed E-state index contributed by atoms with van der Waals surface area (Å²) in [5.74, 6) is -0.656. The average molecular weight is 685 g/mol. The number of methoxy groups -OCH3 is 3. The molecule has 2 amide bonds. The van der Waals surface area contributed by atoms with Gasteiger partial charge in [-0.2, -0.15) is 0 Å². The minimum absolute atomic E-state index is 0.0542. The van der Waals surface area contributed by atoms with E-state index in [0.29, 0.717) is 39.9 Å². The number of para-hydroxylation sites is 1. The fraction of sp³-hybridized carbons (Fsp3) is 0.297. The van der Waals surface area contributed by atoms with Crippen LogP contribution in [0.3, 0.4) is 0 Å². The van der Waals surface area contributed by atoms with Crippen molar-refractivity contribution in [3.8, 4) is 23.0 Å². The van der Waals surface area contributed by atoms with E-state index < -0.39 is 41.6 Å². The molecule has 0 saturated carbocycles. The van der Waals surface area contributed by atoms with Gasteiger partial charge in [-0.25, -0.2) is 4.79 Å². The molecule has 260 valence electrons. The number of aliphatic hydroxyl groups excluding tert-OH is 2. The Balaban J connectivity index is 1.49. The van der Waals surface area contributed by atoms with Crippen LogP contribution >= 0.6 is 0 Å². The summed E-state index contributed by atoms with van der Waals surface area (Å²) in [6.07, 6.45) is -0.244. The number of carbonyl (C=O) groups excluding carboxylic acids is 3. The fourth-order valence-electron chi connectivity index (χ4n) is 6.63. The number of nitrogens with zero attached hydrogens (tertiary/aromatic N) is 1. The van der Waals surface area contributed by atoms with Crippen molar-refractivity contribution in [1.29, 1.82) is 0 Å². The summed E-state index contributed by atoms with van der Waals surface area (Å²) < 4.78 is 28.3. The van der Waals surface area contributed by atoms with Gasteiger partial charge in [0.2, 0.25) is 5.91 Å². The van der Waals surface area contributed by atoms with E-state index in [-0.39, 0.29) is 54.3 Å². The van der Waals surface area contributed by atoms with Gasteiger partial charge in [0.1, 0.15) is 41.1 Å². The molecule has 4 unspecified atom stereocenters. The molecular formula is C37H36N2O11. The Labute approximate surface area is 286 Å². The summed E-state index contributed by atoms with van der Waals surface area (Å²) in [6, 6.07) is 15.3. The van der Waals surface area contributed by atoms with Gasteiger partial charge >= 0.3 is 5.63 Å². The lowest BCUT2D eigenvalue weighted by Crippen LogP contribution is -2.56. The largest absolute Gasteiger partial charge is 0.497 e. The number of hydrogen-bond donors (Lipinski definition) is 3. The molecule has 0 radical (unpaired) electrons. The zero-order valence-electron chi connectivity index (χ0n) is 27.6. The Morgan fingerprint density at radius 2 is 1.78 bits per heavy atom. The number of benzene rings is 3. The summed E-state index contributed by atoms with van der Waals surface area (Å²) >= 11 is 0. The Kier molecular flexibility index (Phi) is 9.88. The Bertz CT molecular complexity index is 2040. The van der Waals surface area contributed by atoms with E-state index in [1.165, 1.54) is 44.4 Å². The molecule has 2 aliphatic rings. The Hall–Kier alpha value is -5.66. The van der Waals surface area contributed by atoms with Gasteiger partial charge in [0, 0.05) is 35.2 Å². The fourth-order valence-corrected chi connectivity index (χ4v) is 6.63. The third-order valence-corrected chi connectivity index (χ3v) is 9.01. The van der Waals surface area contributed by atoms with Crippen LogP contribution in [0.4, 0.5) is 0 Å². The standard InChI is InChI=1S/C37H36N2O11/c1-46-23-8-9-28(47-2)22(16-23)10-12-39(36(44)26-17-21-6-4-5-7-29(21)49-37(26)45)27-18-25(35(43)38-11-13-40)31-24-14-20(19-41)15-30(48-3)33(24)50-34(31)32(27)42/h4-9,14-19,27,31-32,34,40,42H,10-13H2,1-3H3,(H,38,43). The second-order valence-electron chi connectivity index (χ2n) is 11.8. The number of aliphatic hydroxyl groups is 2. The zero-order chi connectivity index (χ0) is 35.5. The molecule has 6 rings (SSSR count). The molecule has 13 heteroatoms. The van der Waals surface area contributed by atoms with Crippen molar-refractivity contribution in [3.05, 3.63) is 105 Å². The second-order valence-corrected chi connectivity index (χ2v) is 11.8. The van der Waals surface area contributed by atoms with E-state index in [0.717, 1.165) is 0 Å². The second kappa shape index (κ2) is 14.4. The van der Waals surface area contributed by atoms with Crippen LogP contribution in [-0.4, -0.2) is 92.5 Å². The predicted octanol–water partition coefficient (Wildman–Crippen LogP) is 2.64. The van der Waals surface area contributed by atoms with Gasteiger partial charge in [0.05, 0.1) is 39.9 Å². The van der Waals surface area contributed by atoms with Gasteiger partial charge in [0.15, 0.2) is 11.5 Å². The highest BCUT2D eigenvalue weighted by Crippen LogP contribution is 2.51. The normalized spacial score (nSPS) is 19.0. The van der Waals surface area contributed by atoms with Gasteiger partial charge in [-0.1, -0.05) is 18.2 Å². The van der Waals surface area contributed by atoms with E-state index in [2.05, 4.69) is 5.32 Å². The first-order valence-electron chi connectivity index (χ1n) is 15.9. The summed E-state index contributed by atoms with van der Waals surface area (Å²) in [7, 11) is 4.44. The number of ether oxygens (including phenoxy) is 4. The molecule has 3 N–H and O–H groups in total. The maximum Gasteiger partial charge on any atom is 0.349 e. The number of hydrogen-bond acceptors (Lipinski definition) is 11. The molecule has 0 bridgehead atoms. The summed E-state index contributed by atoms with van der Waals surface area (Å²) in [6.45, 7) is -0.454. The van der Waals surface area contributed by atoms with Crippen molar-refractivity contribution in [2.75, 3.05) is 41.0 Å². The molecule has 1 aliphatic heterocycles. The first-order chi connectivity index (χ1) is 24.2. The quantitative estimate of drug-likeness (QED) is 0.148.